The average molecular weight is 322 g/mol. The molecule has 0 bridgehead atoms. The molecule has 1 aromatic heterocycles. The molecule has 6 rings (SSSR count). The predicted octanol–water partition coefficient (Wildman–Crippen LogP) is 6.49. The molecule has 0 aliphatic carbocycles. The smallest absolute Gasteiger partial charge is 0.143 e. The van der Waals surface area contributed by atoms with Gasteiger partial charge in [-0.05, 0) is 39.1 Å². The Morgan fingerprint density at radius 2 is 1.36 bits per heavy atom. The first-order valence-electron chi connectivity index (χ1n) is 8.41. The van der Waals surface area contributed by atoms with Crippen LogP contribution in [0.4, 0.5) is 0 Å². The normalized spacial score (nSPS) is 12.2. The first-order chi connectivity index (χ1) is 12.3. The van der Waals surface area contributed by atoms with Crippen molar-refractivity contribution in [2.24, 2.45) is 0 Å². The number of rotatable bonds is 1. The summed E-state index contributed by atoms with van der Waals surface area (Å²) < 4.78 is 11.9. The van der Waals surface area contributed by atoms with E-state index in [1.165, 1.54) is 37.7 Å². The molecule has 25 heavy (non-hydrogen) atoms. The summed E-state index contributed by atoms with van der Waals surface area (Å²) >= 11 is 0. The molecule has 0 spiro atoms. The Balaban J connectivity index is 2.06. The molecule has 118 valence electrons. The highest BCUT2D eigenvalue weighted by atomic mass is 16.5. The van der Waals surface area contributed by atoms with Crippen LogP contribution in [0, 0.1) is 0 Å². The second kappa shape index (κ2) is 4.42. The number of methoxy groups -OCH3 is 1. The van der Waals surface area contributed by atoms with Crippen LogP contribution in [-0.2, 0) is 0 Å². The maximum Gasteiger partial charge on any atom is 0.143 e. The molecule has 5 aromatic carbocycles. The molecular formula is C23H14O2. The lowest BCUT2D eigenvalue weighted by molar-refractivity contribution is 0.415. The van der Waals surface area contributed by atoms with Gasteiger partial charge in [-0.1, -0.05) is 48.5 Å². The van der Waals surface area contributed by atoms with Gasteiger partial charge in [0.05, 0.1) is 7.11 Å². The summed E-state index contributed by atoms with van der Waals surface area (Å²) in [4.78, 5) is 0. The van der Waals surface area contributed by atoms with Crippen LogP contribution in [0.5, 0.6) is 5.75 Å². The summed E-state index contributed by atoms with van der Waals surface area (Å²) in [5.41, 5.74) is 1.85. The molecule has 1 heterocycles. The lowest BCUT2D eigenvalue weighted by Crippen LogP contribution is -1.86. The Labute approximate surface area is 143 Å². The Hall–Kier alpha value is -3.26. The number of fused-ring (bicyclic) bond motifs is 5. The zero-order chi connectivity index (χ0) is 16.5. The quantitative estimate of drug-likeness (QED) is 0.255. The third-order valence-electron chi connectivity index (χ3n) is 5.28. The van der Waals surface area contributed by atoms with Crippen LogP contribution in [0.3, 0.4) is 0 Å². The van der Waals surface area contributed by atoms with Gasteiger partial charge in [-0.2, -0.15) is 0 Å². The lowest BCUT2D eigenvalue weighted by Gasteiger charge is -2.10. The summed E-state index contributed by atoms with van der Waals surface area (Å²) in [6, 6.07) is 23.4. The average Bonchev–Trinajstić information content (AvgIpc) is 3.06. The number of furan rings is 1. The molecule has 0 saturated carbocycles. The molecule has 0 atom stereocenters. The standard InChI is InChI=1S/C23H14O2/c1-24-14-11-19-17-9-5-4-8-16(17)18-10-13-6-2-3-7-15(13)23-22(18)21(19)20(12-14)25-23/h2-12H,1H3. The third kappa shape index (κ3) is 1.54. The van der Waals surface area contributed by atoms with Crippen molar-refractivity contribution in [2.45, 2.75) is 0 Å². The van der Waals surface area contributed by atoms with Crippen LogP contribution in [0.2, 0.25) is 0 Å². The number of hydrogen-bond acceptors (Lipinski definition) is 2. The summed E-state index contributed by atoms with van der Waals surface area (Å²) in [6.45, 7) is 0. The van der Waals surface area contributed by atoms with Gasteiger partial charge in [0.2, 0.25) is 0 Å². The van der Waals surface area contributed by atoms with Gasteiger partial charge < -0.3 is 9.15 Å². The van der Waals surface area contributed by atoms with Gasteiger partial charge in [-0.25, -0.2) is 0 Å². The Bertz CT molecular complexity index is 1420. The monoisotopic (exact) mass is 322 g/mol. The van der Waals surface area contributed by atoms with E-state index in [1.54, 1.807) is 7.11 Å². The molecule has 2 heteroatoms. The minimum Gasteiger partial charge on any atom is -0.497 e. The van der Waals surface area contributed by atoms with Crippen molar-refractivity contribution in [1.29, 1.82) is 0 Å². The van der Waals surface area contributed by atoms with Crippen molar-refractivity contribution in [3.8, 4) is 5.75 Å². The van der Waals surface area contributed by atoms with Crippen molar-refractivity contribution in [3.05, 3.63) is 66.7 Å². The molecule has 0 aliphatic heterocycles. The van der Waals surface area contributed by atoms with Crippen LogP contribution in [-0.4, -0.2) is 7.11 Å². The van der Waals surface area contributed by atoms with Gasteiger partial charge in [0.1, 0.15) is 16.9 Å². The van der Waals surface area contributed by atoms with E-state index in [1.807, 2.05) is 6.07 Å². The fourth-order valence-corrected chi connectivity index (χ4v) is 4.20. The molecule has 0 fully saturated rings. The van der Waals surface area contributed by atoms with Crippen LogP contribution in [0.1, 0.15) is 0 Å². The van der Waals surface area contributed by atoms with E-state index in [0.717, 1.165) is 22.3 Å². The van der Waals surface area contributed by atoms with Gasteiger partial charge in [0, 0.05) is 22.2 Å². The SMILES string of the molecule is COc1cc2oc3c4ccccc4cc4c5ccccc5c(c1)c2c43. The highest BCUT2D eigenvalue weighted by Crippen LogP contribution is 2.46. The fraction of sp³-hybridized carbons (Fsp3) is 0.0435. The van der Waals surface area contributed by atoms with Gasteiger partial charge in [0.15, 0.2) is 0 Å². The van der Waals surface area contributed by atoms with Crippen LogP contribution in [0.25, 0.3) is 54.3 Å². The summed E-state index contributed by atoms with van der Waals surface area (Å²) in [5.74, 6) is 0.823. The van der Waals surface area contributed by atoms with E-state index in [-0.39, 0.29) is 0 Å². The maximum atomic E-state index is 6.36. The van der Waals surface area contributed by atoms with Crippen molar-refractivity contribution < 1.29 is 9.15 Å². The maximum absolute atomic E-state index is 6.36. The second-order valence-electron chi connectivity index (χ2n) is 6.55. The fourth-order valence-electron chi connectivity index (χ4n) is 4.20. The summed E-state index contributed by atoms with van der Waals surface area (Å²) in [5, 5.41) is 9.68. The number of hydrogen-bond donors (Lipinski definition) is 0. The number of benzene rings is 5. The Morgan fingerprint density at radius 1 is 0.680 bits per heavy atom. The zero-order valence-electron chi connectivity index (χ0n) is 13.7. The summed E-state index contributed by atoms with van der Waals surface area (Å²) in [6.07, 6.45) is 0. The topological polar surface area (TPSA) is 22.4 Å². The first-order valence-corrected chi connectivity index (χ1v) is 8.41. The van der Waals surface area contributed by atoms with Crippen LogP contribution >= 0.6 is 0 Å². The van der Waals surface area contributed by atoms with Crippen molar-refractivity contribution in [1.82, 2.24) is 0 Å². The largest absolute Gasteiger partial charge is 0.497 e. The van der Waals surface area contributed by atoms with Crippen molar-refractivity contribution >= 4 is 54.3 Å². The molecule has 0 saturated heterocycles. The molecule has 0 unspecified atom stereocenters. The predicted molar refractivity (Wildman–Crippen MR) is 104 cm³/mol. The highest BCUT2D eigenvalue weighted by Gasteiger charge is 2.20. The minimum absolute atomic E-state index is 0.823. The highest BCUT2D eigenvalue weighted by molar-refractivity contribution is 6.36. The molecule has 0 amide bonds. The first kappa shape index (κ1) is 13.1. The van der Waals surface area contributed by atoms with E-state index in [9.17, 15) is 0 Å². The van der Waals surface area contributed by atoms with Crippen molar-refractivity contribution in [2.75, 3.05) is 7.11 Å². The summed E-state index contributed by atoms with van der Waals surface area (Å²) in [7, 11) is 1.70. The van der Waals surface area contributed by atoms with E-state index in [0.29, 0.717) is 0 Å². The number of ether oxygens (including phenoxy) is 1. The molecule has 6 aromatic rings. The third-order valence-corrected chi connectivity index (χ3v) is 5.28. The minimum atomic E-state index is 0.823. The lowest BCUT2D eigenvalue weighted by atomic mass is 9.92. The zero-order valence-corrected chi connectivity index (χ0v) is 13.7. The molecule has 0 aliphatic rings. The van der Waals surface area contributed by atoms with Gasteiger partial charge in [0.25, 0.3) is 0 Å². The van der Waals surface area contributed by atoms with Gasteiger partial charge in [-0.3, -0.25) is 0 Å². The van der Waals surface area contributed by atoms with Gasteiger partial charge in [-0.15, -0.1) is 0 Å². The van der Waals surface area contributed by atoms with E-state index < -0.39 is 0 Å². The van der Waals surface area contributed by atoms with E-state index >= 15 is 0 Å². The second-order valence-corrected chi connectivity index (χ2v) is 6.55. The van der Waals surface area contributed by atoms with Crippen LogP contribution in [0.15, 0.2) is 71.1 Å². The van der Waals surface area contributed by atoms with Crippen LogP contribution < -0.4 is 4.74 Å². The Morgan fingerprint density at radius 3 is 2.12 bits per heavy atom. The van der Waals surface area contributed by atoms with Crippen molar-refractivity contribution in [3.63, 3.8) is 0 Å². The van der Waals surface area contributed by atoms with E-state index in [4.69, 9.17) is 9.15 Å². The van der Waals surface area contributed by atoms with Gasteiger partial charge >= 0.3 is 0 Å². The Kier molecular flexibility index (Phi) is 2.31. The van der Waals surface area contributed by atoms with E-state index in [2.05, 4.69) is 60.7 Å². The molecule has 0 radical (unpaired) electrons. The molecular weight excluding hydrogens is 308 g/mol. The molecule has 2 nitrogen and oxygen atoms in total. The molecule has 0 N–H and O–H groups in total.